The molecule has 0 saturated carbocycles. The normalized spacial score (nSPS) is 12.2. The van der Waals surface area contributed by atoms with E-state index in [0.717, 1.165) is 6.07 Å². The molecule has 0 aliphatic rings. The average Bonchev–Trinajstić information content (AvgIpc) is 2.75. The van der Waals surface area contributed by atoms with E-state index < -0.39 is 15.9 Å². The van der Waals surface area contributed by atoms with Gasteiger partial charge in [0.05, 0.1) is 12.2 Å². The van der Waals surface area contributed by atoms with E-state index in [1.165, 1.54) is 22.8 Å². The molecule has 132 valence electrons. The van der Waals surface area contributed by atoms with Crippen LogP contribution in [0.1, 0.15) is 31.3 Å². The molecule has 0 aliphatic carbocycles. The Morgan fingerprint density at radius 3 is 2.54 bits per heavy atom. The van der Waals surface area contributed by atoms with Gasteiger partial charge in [0.2, 0.25) is 0 Å². The summed E-state index contributed by atoms with van der Waals surface area (Å²) in [7, 11) is 1.25. The fourth-order valence-corrected chi connectivity index (χ4v) is 3.75. The van der Waals surface area contributed by atoms with Gasteiger partial charge in [-0.25, -0.2) is 9.37 Å². The molecule has 0 fully saturated rings. The number of nitrogens with zero attached hydrogens (tertiary/aromatic N) is 3. The van der Waals surface area contributed by atoms with E-state index in [9.17, 15) is 12.8 Å². The SMILES string of the molecule is CC(C)c1nc(CN(C)C)n(C)c1S(=O)(=O)Oc1cccc(F)c1. The van der Waals surface area contributed by atoms with Crippen molar-refractivity contribution < 1.29 is 17.0 Å². The van der Waals surface area contributed by atoms with Crippen LogP contribution in [0.15, 0.2) is 29.3 Å². The van der Waals surface area contributed by atoms with Crippen molar-refractivity contribution in [2.24, 2.45) is 7.05 Å². The smallest absolute Gasteiger partial charge is 0.356 e. The lowest BCUT2D eigenvalue weighted by Crippen LogP contribution is -2.18. The number of benzene rings is 1. The number of rotatable bonds is 6. The van der Waals surface area contributed by atoms with E-state index >= 15 is 0 Å². The molecule has 1 aromatic carbocycles. The van der Waals surface area contributed by atoms with Gasteiger partial charge in [0.15, 0.2) is 5.03 Å². The number of hydrogen-bond acceptors (Lipinski definition) is 5. The predicted molar refractivity (Wildman–Crippen MR) is 88.9 cm³/mol. The largest absolute Gasteiger partial charge is 0.378 e. The molecule has 2 rings (SSSR count). The summed E-state index contributed by atoms with van der Waals surface area (Å²) < 4.78 is 45.4. The topological polar surface area (TPSA) is 64.4 Å². The lowest BCUT2D eigenvalue weighted by molar-refractivity contribution is 0.381. The minimum absolute atomic E-state index is 0.00129. The van der Waals surface area contributed by atoms with Crippen molar-refractivity contribution in [3.05, 3.63) is 41.6 Å². The third-order valence-corrected chi connectivity index (χ3v) is 4.77. The quantitative estimate of drug-likeness (QED) is 0.745. The summed E-state index contributed by atoms with van der Waals surface area (Å²) in [5, 5.41) is -0.00129. The molecule has 0 radical (unpaired) electrons. The minimum Gasteiger partial charge on any atom is -0.378 e. The average molecular weight is 355 g/mol. The fourth-order valence-electron chi connectivity index (χ4n) is 2.33. The summed E-state index contributed by atoms with van der Waals surface area (Å²) in [5.41, 5.74) is 0.436. The molecule has 0 unspecified atom stereocenters. The van der Waals surface area contributed by atoms with Crippen LogP contribution in [0.2, 0.25) is 0 Å². The first-order valence-electron chi connectivity index (χ1n) is 7.52. The lowest BCUT2D eigenvalue weighted by Gasteiger charge is -2.12. The predicted octanol–water partition coefficient (Wildman–Crippen LogP) is 2.51. The molecule has 0 saturated heterocycles. The number of halogens is 1. The van der Waals surface area contributed by atoms with E-state index in [4.69, 9.17) is 4.18 Å². The van der Waals surface area contributed by atoms with Gasteiger partial charge in [-0.15, -0.1) is 0 Å². The third kappa shape index (κ3) is 3.93. The second-order valence-corrected chi connectivity index (χ2v) is 7.63. The molecule has 6 nitrogen and oxygen atoms in total. The van der Waals surface area contributed by atoms with Crippen LogP contribution < -0.4 is 4.18 Å². The van der Waals surface area contributed by atoms with Crippen LogP contribution in [0, 0.1) is 5.82 Å². The van der Waals surface area contributed by atoms with Gasteiger partial charge in [0, 0.05) is 13.1 Å². The zero-order valence-corrected chi connectivity index (χ0v) is 15.3. The highest BCUT2D eigenvalue weighted by molar-refractivity contribution is 7.87. The van der Waals surface area contributed by atoms with Crippen LogP contribution in [0.3, 0.4) is 0 Å². The van der Waals surface area contributed by atoms with Crippen LogP contribution >= 0.6 is 0 Å². The molecule has 0 atom stereocenters. The monoisotopic (exact) mass is 355 g/mol. The summed E-state index contributed by atoms with van der Waals surface area (Å²) in [5.74, 6) is -0.122. The van der Waals surface area contributed by atoms with E-state index in [-0.39, 0.29) is 16.7 Å². The van der Waals surface area contributed by atoms with E-state index in [1.807, 2.05) is 32.8 Å². The number of imidazole rings is 1. The first kappa shape index (κ1) is 18.4. The molecule has 0 N–H and O–H groups in total. The van der Waals surface area contributed by atoms with Gasteiger partial charge in [-0.3, -0.25) is 0 Å². The Hall–Kier alpha value is -1.93. The molecule has 24 heavy (non-hydrogen) atoms. The van der Waals surface area contributed by atoms with Crippen molar-refractivity contribution in [3.63, 3.8) is 0 Å². The van der Waals surface area contributed by atoms with E-state index in [0.29, 0.717) is 18.1 Å². The van der Waals surface area contributed by atoms with Gasteiger partial charge in [0.25, 0.3) is 0 Å². The van der Waals surface area contributed by atoms with Crippen LogP contribution in [0.25, 0.3) is 0 Å². The van der Waals surface area contributed by atoms with Crippen LogP contribution in [-0.4, -0.2) is 37.0 Å². The molecule has 2 aromatic rings. The van der Waals surface area contributed by atoms with Crippen molar-refractivity contribution in [1.82, 2.24) is 14.5 Å². The molecule has 1 aromatic heterocycles. The third-order valence-electron chi connectivity index (χ3n) is 3.40. The number of aromatic nitrogens is 2. The molecule has 0 spiro atoms. The Balaban J connectivity index is 2.50. The molecule has 0 aliphatic heterocycles. The summed E-state index contributed by atoms with van der Waals surface area (Å²) in [6.45, 7) is 4.22. The summed E-state index contributed by atoms with van der Waals surface area (Å²) in [6, 6.07) is 5.04. The summed E-state index contributed by atoms with van der Waals surface area (Å²) in [4.78, 5) is 6.36. The van der Waals surface area contributed by atoms with E-state index in [1.54, 1.807) is 7.05 Å². The van der Waals surface area contributed by atoms with Gasteiger partial charge in [-0.1, -0.05) is 19.9 Å². The van der Waals surface area contributed by atoms with Gasteiger partial charge in [-0.05, 0) is 32.1 Å². The van der Waals surface area contributed by atoms with E-state index in [2.05, 4.69) is 4.98 Å². The highest BCUT2D eigenvalue weighted by atomic mass is 32.2. The second kappa shape index (κ2) is 6.90. The Bertz CT molecular complexity index is 829. The van der Waals surface area contributed by atoms with Crippen molar-refractivity contribution >= 4 is 10.1 Å². The fraction of sp³-hybridized carbons (Fsp3) is 0.438. The molecule has 0 bridgehead atoms. The van der Waals surface area contributed by atoms with Gasteiger partial charge >= 0.3 is 10.1 Å². The Labute approximate surface area is 142 Å². The summed E-state index contributed by atoms with van der Waals surface area (Å²) >= 11 is 0. The Morgan fingerprint density at radius 1 is 1.33 bits per heavy atom. The van der Waals surface area contributed by atoms with Crippen molar-refractivity contribution in [2.75, 3.05) is 14.1 Å². The molecular formula is C16H22FN3O3S. The zero-order chi connectivity index (χ0) is 18.1. The lowest BCUT2D eigenvalue weighted by atomic mass is 10.2. The molecule has 1 heterocycles. The maximum atomic E-state index is 13.3. The highest BCUT2D eigenvalue weighted by Crippen LogP contribution is 2.27. The van der Waals surface area contributed by atoms with Crippen LogP contribution in [0.4, 0.5) is 4.39 Å². The highest BCUT2D eigenvalue weighted by Gasteiger charge is 2.30. The first-order valence-corrected chi connectivity index (χ1v) is 8.93. The Kier molecular flexibility index (Phi) is 5.29. The minimum atomic E-state index is -4.14. The summed E-state index contributed by atoms with van der Waals surface area (Å²) in [6.07, 6.45) is 0. The van der Waals surface area contributed by atoms with Crippen molar-refractivity contribution in [1.29, 1.82) is 0 Å². The van der Waals surface area contributed by atoms with Gasteiger partial charge < -0.3 is 13.7 Å². The molecular weight excluding hydrogens is 333 g/mol. The van der Waals surface area contributed by atoms with Crippen LogP contribution in [0.5, 0.6) is 5.75 Å². The molecule has 8 heteroatoms. The first-order chi connectivity index (χ1) is 11.1. The van der Waals surface area contributed by atoms with Crippen LogP contribution in [-0.2, 0) is 23.7 Å². The number of hydrogen-bond donors (Lipinski definition) is 0. The standard InChI is InChI=1S/C16H22FN3O3S/c1-11(2)15-16(20(5)14(18-15)10-19(3)4)24(21,22)23-13-8-6-7-12(17)9-13/h6-9,11H,10H2,1-5H3. The molecule has 0 amide bonds. The maximum Gasteiger partial charge on any atom is 0.356 e. The maximum absolute atomic E-state index is 13.3. The Morgan fingerprint density at radius 2 is 2.00 bits per heavy atom. The zero-order valence-electron chi connectivity index (χ0n) is 14.4. The second-order valence-electron chi connectivity index (χ2n) is 6.16. The van der Waals surface area contributed by atoms with Crippen molar-refractivity contribution in [2.45, 2.75) is 31.3 Å². The van der Waals surface area contributed by atoms with Gasteiger partial charge in [0.1, 0.15) is 17.4 Å². The van der Waals surface area contributed by atoms with Crippen molar-refractivity contribution in [3.8, 4) is 5.75 Å². The van der Waals surface area contributed by atoms with Gasteiger partial charge in [-0.2, -0.15) is 8.42 Å².